The van der Waals surface area contributed by atoms with Gasteiger partial charge in [-0.3, -0.25) is 4.79 Å². The van der Waals surface area contributed by atoms with Crippen LogP contribution in [-0.4, -0.2) is 21.4 Å². The lowest BCUT2D eigenvalue weighted by Crippen LogP contribution is -2.38. The Labute approximate surface area is 96.0 Å². The van der Waals surface area contributed by atoms with Crippen molar-refractivity contribution in [3.05, 3.63) is 16.5 Å². The van der Waals surface area contributed by atoms with E-state index in [0.29, 0.717) is 12.8 Å². The predicted molar refractivity (Wildman–Crippen MR) is 56.8 cm³/mol. The Kier molecular flexibility index (Phi) is 2.54. The first-order chi connectivity index (χ1) is 6.99. The number of hydrogen-bond donors (Lipinski definition) is 2. The van der Waals surface area contributed by atoms with E-state index in [1.165, 1.54) is 6.07 Å². The van der Waals surface area contributed by atoms with Gasteiger partial charge in [-0.05, 0) is 24.4 Å². The highest BCUT2D eigenvalue weighted by molar-refractivity contribution is 6.32. The van der Waals surface area contributed by atoms with E-state index in [2.05, 4.69) is 15.3 Å². The van der Waals surface area contributed by atoms with Crippen LogP contribution in [-0.2, 0) is 4.79 Å². The first-order valence-corrected chi connectivity index (χ1v) is 5.06. The average Bonchev–Trinajstić information content (AvgIpc) is 2.83. The maximum Gasteiger partial charge on any atom is 0.245 e. The fraction of sp³-hybridized carbons (Fsp3) is 0.375. The van der Waals surface area contributed by atoms with Gasteiger partial charge in [0, 0.05) is 6.07 Å². The Morgan fingerprint density at radius 3 is 2.67 bits per heavy atom. The second-order valence-corrected chi connectivity index (χ2v) is 4.18. The van der Waals surface area contributed by atoms with Gasteiger partial charge in [0.2, 0.25) is 11.2 Å². The van der Waals surface area contributed by atoms with Crippen LogP contribution in [0.25, 0.3) is 0 Å². The van der Waals surface area contributed by atoms with Crippen molar-refractivity contribution < 1.29 is 4.79 Å². The zero-order chi connectivity index (χ0) is 11.1. The molecule has 3 N–H and O–H groups in total. The monoisotopic (exact) mass is 246 g/mol. The molecule has 1 aliphatic rings. The Balaban J connectivity index is 2.13. The first kappa shape index (κ1) is 10.6. The van der Waals surface area contributed by atoms with Crippen molar-refractivity contribution in [3.63, 3.8) is 0 Å². The maximum absolute atomic E-state index is 11.5. The molecule has 0 aliphatic heterocycles. The summed E-state index contributed by atoms with van der Waals surface area (Å²) in [5, 5.41) is 2.70. The van der Waals surface area contributed by atoms with E-state index in [1.54, 1.807) is 0 Å². The summed E-state index contributed by atoms with van der Waals surface area (Å²) in [6.07, 6.45) is 1.37. The number of halogens is 2. The van der Waals surface area contributed by atoms with Crippen LogP contribution >= 0.6 is 23.2 Å². The number of hydrogen-bond acceptors (Lipinski definition) is 4. The number of aromatic nitrogens is 2. The summed E-state index contributed by atoms with van der Waals surface area (Å²) in [6.45, 7) is 0. The van der Waals surface area contributed by atoms with Crippen LogP contribution in [0.4, 0.5) is 5.82 Å². The first-order valence-electron chi connectivity index (χ1n) is 4.30. The minimum Gasteiger partial charge on any atom is -0.317 e. The molecular formula is C8H8Cl2N4O. The molecule has 1 heterocycles. The van der Waals surface area contributed by atoms with Crippen LogP contribution in [0.2, 0.25) is 10.4 Å². The van der Waals surface area contributed by atoms with Crippen LogP contribution in [0.3, 0.4) is 0 Å². The van der Waals surface area contributed by atoms with Crippen LogP contribution in [0, 0.1) is 0 Å². The normalized spacial score (nSPS) is 17.3. The lowest BCUT2D eigenvalue weighted by molar-refractivity contribution is -0.118. The van der Waals surface area contributed by atoms with E-state index >= 15 is 0 Å². The van der Waals surface area contributed by atoms with Gasteiger partial charge in [0.05, 0.1) is 5.54 Å². The number of carbonyl (C=O) groups is 1. The molecule has 7 heteroatoms. The topological polar surface area (TPSA) is 80.9 Å². The highest BCUT2D eigenvalue weighted by atomic mass is 35.5. The van der Waals surface area contributed by atoms with Gasteiger partial charge in [-0.1, -0.05) is 11.6 Å². The SMILES string of the molecule is NC1(C(=O)Nc2cc(Cl)nc(Cl)n2)CC1. The molecule has 0 unspecified atom stereocenters. The number of rotatable bonds is 2. The van der Waals surface area contributed by atoms with Gasteiger partial charge in [-0.15, -0.1) is 0 Å². The molecule has 0 atom stereocenters. The summed E-state index contributed by atoms with van der Waals surface area (Å²) in [5.74, 6) is -0.00458. The lowest BCUT2D eigenvalue weighted by atomic mass is 10.3. The molecule has 0 aromatic carbocycles. The molecular weight excluding hydrogens is 239 g/mol. The van der Waals surface area contributed by atoms with Gasteiger partial charge < -0.3 is 11.1 Å². The smallest absolute Gasteiger partial charge is 0.245 e. The van der Waals surface area contributed by atoms with Crippen molar-refractivity contribution in [2.24, 2.45) is 5.73 Å². The van der Waals surface area contributed by atoms with Crippen molar-refractivity contribution >= 4 is 34.9 Å². The predicted octanol–water partition coefficient (Wildman–Crippen LogP) is 1.21. The molecule has 0 radical (unpaired) electrons. The third-order valence-corrected chi connectivity index (χ3v) is 2.51. The molecule has 0 saturated heterocycles. The van der Waals surface area contributed by atoms with Gasteiger partial charge >= 0.3 is 0 Å². The Morgan fingerprint density at radius 2 is 2.13 bits per heavy atom. The van der Waals surface area contributed by atoms with Crippen LogP contribution < -0.4 is 11.1 Å². The standard InChI is InChI=1S/C8H8Cl2N4O/c9-4-3-5(14-7(10)12-4)13-6(15)8(11)1-2-8/h3H,1-2,11H2,(H,12,13,14,15). The molecule has 0 spiro atoms. The lowest BCUT2D eigenvalue weighted by Gasteiger charge is -2.09. The van der Waals surface area contributed by atoms with E-state index in [-0.39, 0.29) is 22.2 Å². The molecule has 0 bridgehead atoms. The number of carbonyl (C=O) groups excluding carboxylic acids is 1. The van der Waals surface area contributed by atoms with Crippen molar-refractivity contribution in [1.82, 2.24) is 9.97 Å². The number of nitrogens with two attached hydrogens (primary N) is 1. The molecule has 5 nitrogen and oxygen atoms in total. The quantitative estimate of drug-likeness (QED) is 0.608. The fourth-order valence-electron chi connectivity index (χ4n) is 1.06. The van der Waals surface area contributed by atoms with Gasteiger partial charge in [-0.25, -0.2) is 9.97 Å². The zero-order valence-corrected chi connectivity index (χ0v) is 9.14. The molecule has 1 saturated carbocycles. The third-order valence-electron chi connectivity index (χ3n) is 2.15. The summed E-state index contributed by atoms with van der Waals surface area (Å²) in [7, 11) is 0. The minimum atomic E-state index is -0.746. The molecule has 1 fully saturated rings. The summed E-state index contributed by atoms with van der Waals surface area (Å²) in [5.41, 5.74) is 4.95. The Bertz CT molecular complexity index is 399. The van der Waals surface area contributed by atoms with Crippen LogP contribution in [0.5, 0.6) is 0 Å². The van der Waals surface area contributed by atoms with Crippen molar-refractivity contribution in [2.45, 2.75) is 18.4 Å². The molecule has 1 aromatic heterocycles. The Hall–Kier alpha value is -0.910. The van der Waals surface area contributed by atoms with Crippen molar-refractivity contribution in [2.75, 3.05) is 5.32 Å². The van der Waals surface area contributed by atoms with Crippen molar-refractivity contribution in [1.29, 1.82) is 0 Å². The summed E-state index contributed by atoms with van der Waals surface area (Å²) >= 11 is 11.2. The highest BCUT2D eigenvalue weighted by Gasteiger charge is 2.46. The van der Waals surface area contributed by atoms with Crippen molar-refractivity contribution in [3.8, 4) is 0 Å². The number of nitrogens with one attached hydrogen (secondary N) is 1. The molecule has 1 amide bonds. The van der Waals surface area contributed by atoms with Gasteiger partial charge in [0.25, 0.3) is 0 Å². The van der Waals surface area contributed by atoms with Crippen LogP contribution in [0.15, 0.2) is 6.07 Å². The number of nitrogens with zero attached hydrogens (tertiary/aromatic N) is 2. The largest absolute Gasteiger partial charge is 0.317 e. The fourth-order valence-corrected chi connectivity index (χ4v) is 1.47. The third kappa shape index (κ3) is 2.37. The average molecular weight is 247 g/mol. The molecule has 1 aromatic rings. The summed E-state index contributed by atoms with van der Waals surface area (Å²) < 4.78 is 0. The second-order valence-electron chi connectivity index (χ2n) is 3.46. The highest BCUT2D eigenvalue weighted by Crippen LogP contribution is 2.33. The minimum absolute atomic E-state index is 0.0142. The Morgan fingerprint density at radius 1 is 1.47 bits per heavy atom. The molecule has 15 heavy (non-hydrogen) atoms. The van der Waals surface area contributed by atoms with E-state index in [4.69, 9.17) is 28.9 Å². The van der Waals surface area contributed by atoms with Crippen LogP contribution in [0.1, 0.15) is 12.8 Å². The number of amides is 1. The number of anilines is 1. The van der Waals surface area contributed by atoms with E-state index in [9.17, 15) is 4.79 Å². The van der Waals surface area contributed by atoms with E-state index in [1.807, 2.05) is 0 Å². The summed E-state index contributed by atoms with van der Waals surface area (Å²) in [4.78, 5) is 19.0. The summed E-state index contributed by atoms with van der Waals surface area (Å²) in [6, 6.07) is 1.41. The maximum atomic E-state index is 11.5. The van der Waals surface area contributed by atoms with Gasteiger partial charge in [-0.2, -0.15) is 0 Å². The molecule has 80 valence electrons. The second kappa shape index (κ2) is 3.59. The van der Waals surface area contributed by atoms with Gasteiger partial charge in [0.15, 0.2) is 0 Å². The van der Waals surface area contributed by atoms with Gasteiger partial charge in [0.1, 0.15) is 11.0 Å². The van der Waals surface area contributed by atoms with E-state index in [0.717, 1.165) is 0 Å². The zero-order valence-electron chi connectivity index (χ0n) is 7.63. The molecule has 1 aliphatic carbocycles. The molecule has 2 rings (SSSR count). The van der Waals surface area contributed by atoms with E-state index < -0.39 is 5.54 Å².